The van der Waals surface area contributed by atoms with Crippen LogP contribution in [0, 0.1) is 0 Å². The standard InChI is InChI=1S/C10H10O4.C5H8O4.C2H6O2/c1-13-9(11)7-3-5-8(6-4-7)10(12)14-2;6-4(7)2-1-3-5(8)9;3-1-2-4/h3-6H,1-2H3;1-3H2,(H,6,7)(H,8,9);3-4H,1-2H2. The van der Waals surface area contributed by atoms with Crippen LogP contribution in [0.5, 0.6) is 0 Å². The molecule has 0 aromatic heterocycles. The van der Waals surface area contributed by atoms with Gasteiger partial charge in [0.25, 0.3) is 0 Å². The van der Waals surface area contributed by atoms with Gasteiger partial charge >= 0.3 is 23.9 Å². The van der Waals surface area contributed by atoms with Gasteiger partial charge in [-0.1, -0.05) is 0 Å². The highest BCUT2D eigenvalue weighted by atomic mass is 16.5. The van der Waals surface area contributed by atoms with Crippen LogP contribution < -0.4 is 0 Å². The minimum atomic E-state index is -0.948. The third-order valence-corrected chi connectivity index (χ3v) is 2.61. The van der Waals surface area contributed by atoms with E-state index in [2.05, 4.69) is 9.47 Å². The van der Waals surface area contributed by atoms with Crippen LogP contribution in [0.3, 0.4) is 0 Å². The summed E-state index contributed by atoms with van der Waals surface area (Å²) in [6.07, 6.45) is 0.0866. The van der Waals surface area contributed by atoms with E-state index in [9.17, 15) is 19.2 Å². The quantitative estimate of drug-likeness (QED) is 0.484. The summed E-state index contributed by atoms with van der Waals surface area (Å²) in [4.78, 5) is 41.6. The van der Waals surface area contributed by atoms with Crippen molar-refractivity contribution in [2.45, 2.75) is 19.3 Å². The molecular weight excluding hydrogens is 364 g/mol. The summed E-state index contributed by atoms with van der Waals surface area (Å²) in [5.41, 5.74) is 0.806. The number of aliphatic hydroxyl groups is 2. The van der Waals surface area contributed by atoms with Crippen LogP contribution in [-0.4, -0.2) is 71.7 Å². The highest BCUT2D eigenvalue weighted by Gasteiger charge is 2.08. The fraction of sp³-hybridized carbons (Fsp3) is 0.412. The number of esters is 2. The highest BCUT2D eigenvalue weighted by molar-refractivity contribution is 5.93. The van der Waals surface area contributed by atoms with Crippen molar-refractivity contribution < 1.29 is 49.1 Å². The number of carbonyl (C=O) groups excluding carboxylic acids is 2. The number of aliphatic carboxylic acids is 2. The molecule has 0 saturated carbocycles. The van der Waals surface area contributed by atoms with Crippen molar-refractivity contribution in [3.8, 4) is 0 Å². The minimum absolute atomic E-state index is 0.0632. The van der Waals surface area contributed by atoms with Crippen molar-refractivity contribution in [3.05, 3.63) is 35.4 Å². The summed E-state index contributed by atoms with van der Waals surface area (Å²) < 4.78 is 9.02. The smallest absolute Gasteiger partial charge is 0.337 e. The van der Waals surface area contributed by atoms with Gasteiger partial charge in [-0.05, 0) is 30.7 Å². The predicted octanol–water partition coefficient (Wildman–Crippen LogP) is 0.557. The molecule has 1 aromatic rings. The molecule has 0 fully saturated rings. The van der Waals surface area contributed by atoms with Gasteiger partial charge in [-0.2, -0.15) is 0 Å². The lowest BCUT2D eigenvalue weighted by atomic mass is 10.1. The molecule has 0 radical (unpaired) electrons. The molecule has 4 N–H and O–H groups in total. The van der Waals surface area contributed by atoms with Crippen molar-refractivity contribution in [2.24, 2.45) is 0 Å². The van der Waals surface area contributed by atoms with Gasteiger partial charge in [-0.3, -0.25) is 9.59 Å². The van der Waals surface area contributed by atoms with Crippen LogP contribution >= 0.6 is 0 Å². The Morgan fingerprint density at radius 3 is 1.22 bits per heavy atom. The lowest BCUT2D eigenvalue weighted by Gasteiger charge is -2.00. The number of carbonyl (C=O) groups is 4. The van der Waals surface area contributed by atoms with Crippen molar-refractivity contribution in [2.75, 3.05) is 27.4 Å². The fourth-order valence-corrected chi connectivity index (χ4v) is 1.37. The molecular formula is C17H24O10. The molecule has 10 nitrogen and oxygen atoms in total. The molecule has 0 bridgehead atoms. The van der Waals surface area contributed by atoms with Crippen LogP contribution in [-0.2, 0) is 19.1 Å². The molecule has 152 valence electrons. The SMILES string of the molecule is COC(=O)c1ccc(C(=O)OC)cc1.O=C(O)CCCC(=O)O.OCCO. The summed E-state index contributed by atoms with van der Waals surface area (Å²) >= 11 is 0. The maximum Gasteiger partial charge on any atom is 0.337 e. The molecule has 0 aliphatic rings. The highest BCUT2D eigenvalue weighted by Crippen LogP contribution is 2.06. The number of hydrogen-bond donors (Lipinski definition) is 4. The van der Waals surface area contributed by atoms with Gasteiger partial charge in [0.05, 0.1) is 38.6 Å². The zero-order chi connectivity index (χ0) is 21.2. The van der Waals surface area contributed by atoms with Crippen molar-refractivity contribution in [1.82, 2.24) is 0 Å². The Balaban J connectivity index is 0. The number of benzene rings is 1. The molecule has 0 aliphatic heterocycles. The molecule has 1 rings (SSSR count). The number of carboxylic acids is 2. The average molecular weight is 388 g/mol. The zero-order valence-corrected chi connectivity index (χ0v) is 15.1. The third kappa shape index (κ3) is 15.0. The van der Waals surface area contributed by atoms with E-state index in [1.165, 1.54) is 38.5 Å². The number of methoxy groups -OCH3 is 2. The van der Waals surface area contributed by atoms with Gasteiger partial charge in [0.15, 0.2) is 0 Å². The Labute approximate surface area is 156 Å². The third-order valence-electron chi connectivity index (χ3n) is 2.61. The molecule has 10 heteroatoms. The zero-order valence-electron chi connectivity index (χ0n) is 15.1. The van der Waals surface area contributed by atoms with E-state index < -0.39 is 23.9 Å². The first-order valence-electron chi connectivity index (χ1n) is 7.65. The molecule has 0 atom stereocenters. The Bertz CT molecular complexity index is 529. The van der Waals surface area contributed by atoms with E-state index in [1.54, 1.807) is 0 Å². The molecule has 27 heavy (non-hydrogen) atoms. The van der Waals surface area contributed by atoms with Gasteiger partial charge in [0.1, 0.15) is 0 Å². The van der Waals surface area contributed by atoms with Crippen LogP contribution in [0.15, 0.2) is 24.3 Å². The van der Waals surface area contributed by atoms with Crippen LogP contribution in [0.25, 0.3) is 0 Å². The van der Waals surface area contributed by atoms with Gasteiger partial charge in [-0.15, -0.1) is 0 Å². The largest absolute Gasteiger partial charge is 0.481 e. The summed E-state index contributed by atoms with van der Waals surface area (Å²) in [6.45, 7) is -0.250. The molecule has 0 spiro atoms. The normalized spacial score (nSPS) is 8.89. The van der Waals surface area contributed by atoms with E-state index in [4.69, 9.17) is 20.4 Å². The van der Waals surface area contributed by atoms with Gasteiger partial charge in [0.2, 0.25) is 0 Å². The second kappa shape index (κ2) is 16.5. The Morgan fingerprint density at radius 2 is 1.04 bits per heavy atom. The summed E-state index contributed by atoms with van der Waals surface area (Å²) in [5.74, 6) is -2.75. The van der Waals surface area contributed by atoms with E-state index in [0.717, 1.165) is 0 Å². The monoisotopic (exact) mass is 388 g/mol. The first-order chi connectivity index (χ1) is 12.7. The molecule has 0 saturated heterocycles. The van der Waals surface area contributed by atoms with Crippen molar-refractivity contribution in [3.63, 3.8) is 0 Å². The maximum atomic E-state index is 11.0. The summed E-state index contributed by atoms with van der Waals surface area (Å²) in [6, 6.07) is 6.05. The van der Waals surface area contributed by atoms with Crippen LogP contribution in [0.4, 0.5) is 0 Å². The number of ether oxygens (including phenoxy) is 2. The van der Waals surface area contributed by atoms with Gasteiger partial charge in [0, 0.05) is 12.8 Å². The van der Waals surface area contributed by atoms with E-state index in [1.807, 2.05) is 0 Å². The Kier molecular flexibility index (Phi) is 16.0. The molecule has 1 aromatic carbocycles. The number of carboxylic acid groups (broad SMARTS) is 2. The van der Waals surface area contributed by atoms with E-state index in [-0.39, 0.29) is 32.5 Å². The molecule has 0 unspecified atom stereocenters. The van der Waals surface area contributed by atoms with Crippen molar-refractivity contribution >= 4 is 23.9 Å². The average Bonchev–Trinajstić information content (AvgIpc) is 2.67. The Hall–Kier alpha value is -2.98. The minimum Gasteiger partial charge on any atom is -0.481 e. The lowest BCUT2D eigenvalue weighted by Crippen LogP contribution is -2.04. The molecule has 0 aliphatic carbocycles. The van der Waals surface area contributed by atoms with E-state index in [0.29, 0.717) is 11.1 Å². The van der Waals surface area contributed by atoms with Crippen LogP contribution in [0.1, 0.15) is 40.0 Å². The summed E-state index contributed by atoms with van der Waals surface area (Å²) in [7, 11) is 2.60. The summed E-state index contributed by atoms with van der Waals surface area (Å²) in [5, 5.41) is 31.3. The second-order valence-electron chi connectivity index (χ2n) is 4.65. The van der Waals surface area contributed by atoms with Gasteiger partial charge in [-0.25, -0.2) is 9.59 Å². The molecule has 0 amide bonds. The van der Waals surface area contributed by atoms with E-state index >= 15 is 0 Å². The maximum absolute atomic E-state index is 11.0. The predicted molar refractivity (Wildman–Crippen MR) is 92.4 cm³/mol. The van der Waals surface area contributed by atoms with Crippen LogP contribution in [0.2, 0.25) is 0 Å². The van der Waals surface area contributed by atoms with Crippen molar-refractivity contribution in [1.29, 1.82) is 0 Å². The second-order valence-corrected chi connectivity index (χ2v) is 4.65. The first kappa shape index (κ1) is 26.3. The number of hydrogen-bond acceptors (Lipinski definition) is 8. The van der Waals surface area contributed by atoms with Gasteiger partial charge < -0.3 is 29.9 Å². The topological polar surface area (TPSA) is 168 Å². The number of aliphatic hydroxyl groups excluding tert-OH is 2. The number of rotatable bonds is 7. The lowest BCUT2D eigenvalue weighted by molar-refractivity contribution is -0.138. The Morgan fingerprint density at radius 1 is 0.741 bits per heavy atom. The fourth-order valence-electron chi connectivity index (χ4n) is 1.37. The molecule has 0 heterocycles. The first-order valence-corrected chi connectivity index (χ1v) is 7.65.